The first-order valence-electron chi connectivity index (χ1n) is 11.8. The molecule has 0 aliphatic rings. The Bertz CT molecular complexity index is 1010. The highest BCUT2D eigenvalue weighted by molar-refractivity contribution is 5.52. The molecule has 0 saturated heterocycles. The van der Waals surface area contributed by atoms with E-state index in [0.717, 1.165) is 31.9 Å². The van der Waals surface area contributed by atoms with E-state index in [-0.39, 0.29) is 0 Å². The number of benzene rings is 3. The van der Waals surface area contributed by atoms with Gasteiger partial charge in [0.2, 0.25) is 0 Å². The van der Waals surface area contributed by atoms with Gasteiger partial charge in [-0.2, -0.15) is 0 Å². The quantitative estimate of drug-likeness (QED) is 0.350. The normalized spacial score (nSPS) is 10.8. The zero-order valence-electron chi connectivity index (χ0n) is 20.6. The van der Waals surface area contributed by atoms with Crippen molar-refractivity contribution in [3.63, 3.8) is 0 Å². The third kappa shape index (κ3) is 6.06. The van der Waals surface area contributed by atoms with Crippen LogP contribution >= 0.6 is 0 Å². The fraction of sp³-hybridized carbons (Fsp3) is 0.379. The molecule has 3 aromatic rings. The van der Waals surface area contributed by atoms with Gasteiger partial charge in [-0.25, -0.2) is 0 Å². The van der Waals surface area contributed by atoms with Gasteiger partial charge in [0.25, 0.3) is 0 Å². The lowest BCUT2D eigenvalue weighted by Crippen LogP contribution is -2.28. The maximum Gasteiger partial charge on any atom is 0.119 e. The molecule has 0 fully saturated rings. The summed E-state index contributed by atoms with van der Waals surface area (Å²) in [5, 5.41) is 0. The van der Waals surface area contributed by atoms with Crippen LogP contribution in [0.1, 0.15) is 41.7 Å². The maximum absolute atomic E-state index is 6.06. The van der Waals surface area contributed by atoms with Gasteiger partial charge in [-0.3, -0.25) is 0 Å². The topological polar surface area (TPSA) is 15.7 Å². The summed E-state index contributed by atoms with van der Waals surface area (Å²) < 4.78 is 6.06. The number of aryl methyl sites for hydroxylation is 4. The Labute approximate surface area is 194 Å². The maximum atomic E-state index is 6.06. The first kappa shape index (κ1) is 23.7. The van der Waals surface area contributed by atoms with E-state index in [9.17, 15) is 0 Å². The summed E-state index contributed by atoms with van der Waals surface area (Å²) in [6, 6.07) is 21.9. The number of hydrogen-bond acceptors (Lipinski definition) is 3. The van der Waals surface area contributed by atoms with Crippen LogP contribution < -0.4 is 14.5 Å². The molecule has 3 heteroatoms. The van der Waals surface area contributed by atoms with Gasteiger partial charge in [-0.05, 0) is 106 Å². The van der Waals surface area contributed by atoms with Gasteiger partial charge >= 0.3 is 0 Å². The largest absolute Gasteiger partial charge is 0.492 e. The highest BCUT2D eigenvalue weighted by Crippen LogP contribution is 2.22. The average Bonchev–Trinajstić information content (AvgIpc) is 2.80. The molecule has 0 radical (unpaired) electrons. The van der Waals surface area contributed by atoms with Crippen LogP contribution in [0.5, 0.6) is 5.75 Å². The number of anilines is 2. The number of nitrogens with zero attached hydrogens (tertiary/aromatic N) is 2. The first-order valence-corrected chi connectivity index (χ1v) is 11.8. The molecular weight excluding hydrogens is 392 g/mol. The average molecular weight is 431 g/mol. The second-order valence-corrected chi connectivity index (χ2v) is 8.62. The van der Waals surface area contributed by atoms with Crippen molar-refractivity contribution in [3.8, 4) is 5.75 Å². The molecular formula is C29H38N2O. The van der Waals surface area contributed by atoms with Crippen molar-refractivity contribution in [1.82, 2.24) is 0 Å². The molecule has 0 aromatic heterocycles. The summed E-state index contributed by atoms with van der Waals surface area (Å²) >= 11 is 0. The van der Waals surface area contributed by atoms with Crippen molar-refractivity contribution in [2.75, 3.05) is 36.0 Å². The third-order valence-electron chi connectivity index (χ3n) is 6.40. The smallest absolute Gasteiger partial charge is 0.119 e. The van der Waals surface area contributed by atoms with Gasteiger partial charge < -0.3 is 14.5 Å². The molecule has 0 aliphatic carbocycles. The molecule has 0 bridgehead atoms. The molecule has 0 aliphatic heterocycles. The molecule has 0 unspecified atom stereocenters. The highest BCUT2D eigenvalue weighted by Gasteiger charge is 2.08. The van der Waals surface area contributed by atoms with Gasteiger partial charge in [0.1, 0.15) is 12.4 Å². The van der Waals surface area contributed by atoms with Gasteiger partial charge in [-0.1, -0.05) is 24.3 Å². The van der Waals surface area contributed by atoms with E-state index in [1.54, 1.807) is 0 Å². The van der Waals surface area contributed by atoms with Gasteiger partial charge in [-0.15, -0.1) is 0 Å². The minimum absolute atomic E-state index is 0.670. The monoisotopic (exact) mass is 430 g/mol. The van der Waals surface area contributed by atoms with E-state index in [0.29, 0.717) is 6.61 Å². The Balaban J connectivity index is 1.55. The second-order valence-electron chi connectivity index (χ2n) is 8.62. The minimum atomic E-state index is 0.670. The van der Waals surface area contributed by atoms with Crippen molar-refractivity contribution in [1.29, 1.82) is 0 Å². The number of rotatable bonds is 10. The number of hydrogen-bond donors (Lipinski definition) is 0. The minimum Gasteiger partial charge on any atom is -0.492 e. The fourth-order valence-corrected chi connectivity index (χ4v) is 3.89. The van der Waals surface area contributed by atoms with E-state index < -0.39 is 0 Å². The zero-order valence-corrected chi connectivity index (χ0v) is 20.6. The molecule has 3 rings (SSSR count). The van der Waals surface area contributed by atoms with E-state index >= 15 is 0 Å². The van der Waals surface area contributed by atoms with Crippen LogP contribution in [-0.2, 0) is 6.54 Å². The Hall–Kier alpha value is -2.94. The van der Waals surface area contributed by atoms with Crippen molar-refractivity contribution in [3.05, 3.63) is 88.5 Å². The van der Waals surface area contributed by atoms with Crippen molar-refractivity contribution >= 4 is 11.4 Å². The molecule has 32 heavy (non-hydrogen) atoms. The second kappa shape index (κ2) is 11.1. The first-order chi connectivity index (χ1) is 15.4. The summed E-state index contributed by atoms with van der Waals surface area (Å²) in [5.74, 6) is 0.930. The van der Waals surface area contributed by atoms with Crippen LogP contribution in [0.15, 0.2) is 60.7 Å². The highest BCUT2D eigenvalue weighted by atomic mass is 16.5. The molecule has 3 nitrogen and oxygen atoms in total. The fourth-order valence-electron chi connectivity index (χ4n) is 3.89. The molecule has 0 spiro atoms. The zero-order chi connectivity index (χ0) is 23.1. The summed E-state index contributed by atoms with van der Waals surface area (Å²) in [6.45, 7) is 17.5. The lowest BCUT2D eigenvalue weighted by molar-refractivity contribution is 0.324. The predicted molar refractivity (Wildman–Crippen MR) is 138 cm³/mol. The Morgan fingerprint density at radius 2 is 1.16 bits per heavy atom. The summed E-state index contributed by atoms with van der Waals surface area (Å²) in [5.41, 5.74) is 9.18. The third-order valence-corrected chi connectivity index (χ3v) is 6.40. The lowest BCUT2D eigenvalue weighted by Gasteiger charge is -2.25. The molecule has 0 amide bonds. The van der Waals surface area contributed by atoms with Gasteiger partial charge in [0.05, 0.1) is 6.54 Å². The van der Waals surface area contributed by atoms with Crippen molar-refractivity contribution in [2.45, 2.75) is 48.1 Å². The molecule has 3 aromatic carbocycles. The predicted octanol–water partition coefficient (Wildman–Crippen LogP) is 6.85. The standard InChI is InChI=1S/C29H38N2O/c1-7-30(27-13-9-22(3)24(5)19-27)17-18-32-29-15-11-26(12-16-29)21-31(8-2)28-14-10-23(4)25(6)20-28/h9-16,19-20H,7-8,17-18,21H2,1-6H3. The molecule has 0 heterocycles. The number of ether oxygens (including phenoxy) is 1. The Morgan fingerprint density at radius 1 is 0.625 bits per heavy atom. The molecule has 170 valence electrons. The van der Waals surface area contributed by atoms with E-state index in [1.807, 2.05) is 0 Å². The van der Waals surface area contributed by atoms with Crippen LogP contribution in [0.4, 0.5) is 11.4 Å². The molecule has 0 N–H and O–H groups in total. The van der Waals surface area contributed by atoms with Crippen LogP contribution in [0.25, 0.3) is 0 Å². The van der Waals surface area contributed by atoms with E-state index in [2.05, 4.69) is 112 Å². The van der Waals surface area contributed by atoms with Crippen LogP contribution in [0.2, 0.25) is 0 Å². The SMILES string of the molecule is CCN(CCOc1ccc(CN(CC)c2ccc(C)c(C)c2)cc1)c1ccc(C)c(C)c1. The Kier molecular flexibility index (Phi) is 8.21. The van der Waals surface area contributed by atoms with Crippen LogP contribution in [0, 0.1) is 27.7 Å². The Morgan fingerprint density at radius 3 is 1.66 bits per heavy atom. The van der Waals surface area contributed by atoms with Crippen LogP contribution in [-0.4, -0.2) is 26.2 Å². The van der Waals surface area contributed by atoms with Crippen LogP contribution in [0.3, 0.4) is 0 Å². The summed E-state index contributed by atoms with van der Waals surface area (Å²) in [4.78, 5) is 4.77. The summed E-state index contributed by atoms with van der Waals surface area (Å²) in [7, 11) is 0. The van der Waals surface area contributed by atoms with E-state index in [4.69, 9.17) is 4.74 Å². The van der Waals surface area contributed by atoms with Gasteiger partial charge in [0.15, 0.2) is 0 Å². The van der Waals surface area contributed by atoms with Crippen molar-refractivity contribution in [2.24, 2.45) is 0 Å². The summed E-state index contributed by atoms with van der Waals surface area (Å²) in [6.07, 6.45) is 0. The molecule has 0 atom stereocenters. The molecule has 0 saturated carbocycles. The lowest BCUT2D eigenvalue weighted by atomic mass is 10.1. The van der Waals surface area contributed by atoms with Gasteiger partial charge in [0, 0.05) is 31.0 Å². The van der Waals surface area contributed by atoms with Crippen molar-refractivity contribution < 1.29 is 4.74 Å². The number of likely N-dealkylation sites (N-methyl/N-ethyl adjacent to an activating group) is 1. The van der Waals surface area contributed by atoms with E-state index in [1.165, 1.54) is 39.2 Å².